The van der Waals surface area contributed by atoms with Crippen LogP contribution in [-0.2, 0) is 9.53 Å². The molecule has 23 heavy (non-hydrogen) atoms. The molecule has 1 saturated heterocycles. The second-order valence-corrected chi connectivity index (χ2v) is 5.88. The zero-order chi connectivity index (χ0) is 16.2. The predicted octanol–water partition coefficient (Wildman–Crippen LogP) is 1.51. The molecule has 2 aliphatic rings. The molecule has 0 spiro atoms. The van der Waals surface area contributed by atoms with E-state index in [4.69, 9.17) is 9.84 Å². The number of hydrogen-bond donors (Lipinski definition) is 3. The maximum Gasteiger partial charge on any atom is 0.405 e. The molecular formula is C16H21N3O4. The van der Waals surface area contributed by atoms with Crippen molar-refractivity contribution in [3.63, 3.8) is 0 Å². The molecule has 1 fully saturated rings. The molecule has 0 bridgehead atoms. The lowest BCUT2D eigenvalue weighted by molar-refractivity contribution is -0.125. The van der Waals surface area contributed by atoms with Gasteiger partial charge in [-0.05, 0) is 25.0 Å². The van der Waals surface area contributed by atoms with Crippen LogP contribution in [0.2, 0.25) is 0 Å². The summed E-state index contributed by atoms with van der Waals surface area (Å²) in [6.07, 6.45) is 0.338. The zero-order valence-electron chi connectivity index (χ0n) is 12.8. The number of carboxylic acid groups (broad SMARTS) is 1. The van der Waals surface area contributed by atoms with E-state index in [1.54, 1.807) is 4.90 Å². The molecule has 1 aromatic carbocycles. The molecule has 1 atom stereocenters. The highest BCUT2D eigenvalue weighted by molar-refractivity contribution is 5.98. The number of nitrogens with zero attached hydrogens (tertiary/aromatic N) is 1. The van der Waals surface area contributed by atoms with Crippen LogP contribution in [0, 0.1) is 5.92 Å². The van der Waals surface area contributed by atoms with Gasteiger partial charge in [0, 0.05) is 32.2 Å². The maximum atomic E-state index is 13.0. The molecular weight excluding hydrogens is 298 g/mol. The van der Waals surface area contributed by atoms with E-state index in [2.05, 4.69) is 10.6 Å². The number of benzene rings is 1. The monoisotopic (exact) mass is 319 g/mol. The first-order valence-electron chi connectivity index (χ1n) is 7.86. The van der Waals surface area contributed by atoms with E-state index in [-0.39, 0.29) is 17.9 Å². The van der Waals surface area contributed by atoms with Crippen molar-refractivity contribution in [2.75, 3.05) is 36.5 Å². The summed E-state index contributed by atoms with van der Waals surface area (Å²) in [6.45, 7) is 1.97. The Balaban J connectivity index is 1.86. The number of carbonyl (C=O) groups excluding carboxylic acids is 1. The minimum absolute atomic E-state index is 0.0432. The predicted molar refractivity (Wildman–Crippen MR) is 85.8 cm³/mol. The van der Waals surface area contributed by atoms with Gasteiger partial charge in [0.2, 0.25) is 5.91 Å². The topological polar surface area (TPSA) is 90.9 Å². The van der Waals surface area contributed by atoms with E-state index < -0.39 is 6.09 Å². The summed E-state index contributed by atoms with van der Waals surface area (Å²) < 4.78 is 5.33. The third-order valence-corrected chi connectivity index (χ3v) is 4.30. The molecule has 0 radical (unpaired) electrons. The first-order valence-corrected chi connectivity index (χ1v) is 7.86. The average molecular weight is 319 g/mol. The highest BCUT2D eigenvalue weighted by Crippen LogP contribution is 2.30. The van der Waals surface area contributed by atoms with E-state index >= 15 is 0 Å². The molecule has 1 unspecified atom stereocenters. The molecule has 2 amide bonds. The SMILES string of the molecule is O=C(O)NC1CNc2ccccc2N(C(=O)C2CCOCC2)C1. The third kappa shape index (κ3) is 3.56. The Morgan fingerprint density at radius 2 is 2.00 bits per heavy atom. The standard InChI is InChI=1S/C16H21N3O4/c20-15(11-5-7-23-8-6-11)19-10-12(18-16(21)22)9-17-13-3-1-2-4-14(13)19/h1-4,11-12,17-18H,5-10H2,(H,21,22). The highest BCUT2D eigenvalue weighted by Gasteiger charge is 2.32. The molecule has 7 nitrogen and oxygen atoms in total. The van der Waals surface area contributed by atoms with Crippen LogP contribution < -0.4 is 15.5 Å². The Morgan fingerprint density at radius 1 is 1.26 bits per heavy atom. The van der Waals surface area contributed by atoms with Crippen molar-refractivity contribution in [3.05, 3.63) is 24.3 Å². The van der Waals surface area contributed by atoms with E-state index in [9.17, 15) is 9.59 Å². The zero-order valence-corrected chi connectivity index (χ0v) is 12.8. The average Bonchev–Trinajstić information content (AvgIpc) is 2.74. The van der Waals surface area contributed by atoms with Crippen LogP contribution in [-0.4, -0.2) is 49.5 Å². The largest absolute Gasteiger partial charge is 0.465 e. The van der Waals surface area contributed by atoms with Gasteiger partial charge in [-0.3, -0.25) is 4.79 Å². The summed E-state index contributed by atoms with van der Waals surface area (Å²) in [5.41, 5.74) is 1.65. The van der Waals surface area contributed by atoms with Gasteiger partial charge in [-0.25, -0.2) is 4.79 Å². The van der Waals surface area contributed by atoms with Crippen molar-refractivity contribution in [1.29, 1.82) is 0 Å². The molecule has 2 aliphatic heterocycles. The van der Waals surface area contributed by atoms with Gasteiger partial charge >= 0.3 is 6.09 Å². The van der Waals surface area contributed by atoms with Crippen molar-refractivity contribution >= 4 is 23.4 Å². The van der Waals surface area contributed by atoms with Gasteiger partial charge in [0.25, 0.3) is 0 Å². The molecule has 0 aromatic heterocycles. The van der Waals surface area contributed by atoms with Gasteiger partial charge in [0.1, 0.15) is 0 Å². The quantitative estimate of drug-likeness (QED) is 0.768. The number of para-hydroxylation sites is 2. The number of nitrogens with one attached hydrogen (secondary N) is 2. The number of hydrogen-bond acceptors (Lipinski definition) is 4. The second-order valence-electron chi connectivity index (χ2n) is 5.88. The van der Waals surface area contributed by atoms with Crippen molar-refractivity contribution in [2.24, 2.45) is 5.92 Å². The van der Waals surface area contributed by atoms with Gasteiger partial charge < -0.3 is 25.4 Å². The molecule has 0 saturated carbocycles. The fourth-order valence-electron chi connectivity index (χ4n) is 3.12. The first-order chi connectivity index (χ1) is 11.1. The third-order valence-electron chi connectivity index (χ3n) is 4.30. The lowest BCUT2D eigenvalue weighted by Gasteiger charge is -2.30. The van der Waals surface area contributed by atoms with Crippen LogP contribution in [0.3, 0.4) is 0 Å². The Labute approximate surface area is 134 Å². The Bertz CT molecular complexity index is 586. The number of anilines is 2. The van der Waals surface area contributed by atoms with Crippen LogP contribution in [0.5, 0.6) is 0 Å². The van der Waals surface area contributed by atoms with Crippen molar-refractivity contribution in [3.8, 4) is 0 Å². The summed E-state index contributed by atoms with van der Waals surface area (Å²) in [7, 11) is 0. The summed E-state index contributed by atoms with van der Waals surface area (Å²) in [5, 5.41) is 14.7. The molecule has 7 heteroatoms. The Hall–Kier alpha value is -2.28. The van der Waals surface area contributed by atoms with E-state index in [0.29, 0.717) is 39.1 Å². The summed E-state index contributed by atoms with van der Waals surface area (Å²) in [4.78, 5) is 25.7. The number of amides is 2. The van der Waals surface area contributed by atoms with Crippen molar-refractivity contribution in [1.82, 2.24) is 5.32 Å². The molecule has 3 rings (SSSR count). The lowest BCUT2D eigenvalue weighted by atomic mass is 9.98. The number of carbonyl (C=O) groups is 2. The van der Waals surface area contributed by atoms with Crippen LogP contribution in [0.25, 0.3) is 0 Å². The molecule has 124 valence electrons. The van der Waals surface area contributed by atoms with Crippen LogP contribution in [0.4, 0.5) is 16.2 Å². The van der Waals surface area contributed by atoms with E-state index in [0.717, 1.165) is 11.4 Å². The van der Waals surface area contributed by atoms with Gasteiger partial charge in [-0.15, -0.1) is 0 Å². The maximum absolute atomic E-state index is 13.0. The lowest BCUT2D eigenvalue weighted by Crippen LogP contribution is -2.49. The fourth-order valence-corrected chi connectivity index (χ4v) is 3.12. The fraction of sp³-hybridized carbons (Fsp3) is 0.500. The van der Waals surface area contributed by atoms with Crippen LogP contribution in [0.15, 0.2) is 24.3 Å². The number of ether oxygens (including phenoxy) is 1. The normalized spacial score (nSPS) is 21.7. The number of rotatable bonds is 2. The van der Waals surface area contributed by atoms with Gasteiger partial charge in [-0.1, -0.05) is 12.1 Å². The number of fused-ring (bicyclic) bond motifs is 1. The summed E-state index contributed by atoms with van der Waals surface area (Å²) in [5.74, 6) is -0.0259. The van der Waals surface area contributed by atoms with Gasteiger partial charge in [-0.2, -0.15) is 0 Å². The highest BCUT2D eigenvalue weighted by atomic mass is 16.5. The van der Waals surface area contributed by atoms with Crippen molar-refractivity contribution < 1.29 is 19.4 Å². The van der Waals surface area contributed by atoms with Gasteiger partial charge in [0.15, 0.2) is 0 Å². The van der Waals surface area contributed by atoms with Crippen LogP contribution >= 0.6 is 0 Å². The Morgan fingerprint density at radius 3 is 2.74 bits per heavy atom. The minimum atomic E-state index is -1.08. The summed E-state index contributed by atoms with van der Waals surface area (Å²) in [6, 6.07) is 7.22. The summed E-state index contributed by atoms with van der Waals surface area (Å²) >= 11 is 0. The molecule has 1 aromatic rings. The second kappa shape index (κ2) is 6.87. The van der Waals surface area contributed by atoms with Crippen LogP contribution in [0.1, 0.15) is 12.8 Å². The van der Waals surface area contributed by atoms with Crippen molar-refractivity contribution in [2.45, 2.75) is 18.9 Å². The molecule has 0 aliphatic carbocycles. The molecule has 3 N–H and O–H groups in total. The van der Waals surface area contributed by atoms with Gasteiger partial charge in [0.05, 0.1) is 17.4 Å². The van der Waals surface area contributed by atoms with E-state index in [1.807, 2.05) is 24.3 Å². The molecule has 2 heterocycles. The van der Waals surface area contributed by atoms with E-state index in [1.165, 1.54) is 0 Å². The smallest absolute Gasteiger partial charge is 0.405 e. The minimum Gasteiger partial charge on any atom is -0.465 e. The first kappa shape index (κ1) is 15.6. The Kier molecular flexibility index (Phi) is 4.66.